The molecule has 0 aliphatic rings. The van der Waals surface area contributed by atoms with E-state index in [0.29, 0.717) is 6.04 Å². The van der Waals surface area contributed by atoms with E-state index in [1.165, 1.54) is 5.56 Å². The monoisotopic (exact) mass is 220 g/mol. The normalized spacial score (nSPS) is 13.8. The van der Waals surface area contributed by atoms with Crippen LogP contribution in [0.1, 0.15) is 26.3 Å². The van der Waals surface area contributed by atoms with Crippen molar-refractivity contribution in [3.05, 3.63) is 35.9 Å². The number of benzene rings is 1. The summed E-state index contributed by atoms with van der Waals surface area (Å²) in [7, 11) is 1.99. The first-order valence-electron chi connectivity index (χ1n) is 6.00. The first-order chi connectivity index (χ1) is 7.56. The summed E-state index contributed by atoms with van der Waals surface area (Å²) < 4.78 is 0. The van der Waals surface area contributed by atoms with E-state index in [1.807, 2.05) is 7.05 Å². The molecular weight excluding hydrogens is 196 g/mol. The fourth-order valence-corrected chi connectivity index (χ4v) is 1.80. The lowest BCUT2D eigenvalue weighted by Gasteiger charge is -2.27. The third-order valence-corrected chi connectivity index (χ3v) is 2.96. The molecule has 0 amide bonds. The summed E-state index contributed by atoms with van der Waals surface area (Å²) in [6.07, 6.45) is 0. The Kier molecular flexibility index (Phi) is 4.97. The highest BCUT2D eigenvalue weighted by Crippen LogP contribution is 2.21. The van der Waals surface area contributed by atoms with Gasteiger partial charge in [0.2, 0.25) is 0 Å². The molecule has 1 aromatic carbocycles. The average Bonchev–Trinajstić information content (AvgIpc) is 2.28. The van der Waals surface area contributed by atoms with Crippen LogP contribution in [0.15, 0.2) is 30.3 Å². The molecule has 0 aliphatic carbocycles. The molecule has 1 rings (SSSR count). The van der Waals surface area contributed by atoms with Crippen molar-refractivity contribution in [2.75, 3.05) is 20.1 Å². The topological polar surface area (TPSA) is 24.1 Å². The third-order valence-electron chi connectivity index (χ3n) is 2.96. The first kappa shape index (κ1) is 13.2. The zero-order chi connectivity index (χ0) is 12.0. The van der Waals surface area contributed by atoms with Crippen LogP contribution in [0.25, 0.3) is 0 Å². The molecule has 0 aromatic heterocycles. The van der Waals surface area contributed by atoms with Gasteiger partial charge >= 0.3 is 0 Å². The highest BCUT2D eigenvalue weighted by molar-refractivity contribution is 5.23. The largest absolute Gasteiger partial charge is 0.318 e. The van der Waals surface area contributed by atoms with E-state index < -0.39 is 0 Å². The van der Waals surface area contributed by atoms with Gasteiger partial charge in [-0.15, -0.1) is 0 Å². The number of rotatable bonds is 6. The standard InChI is InChI=1S/C14H24N2/c1-12(10-15-4)16-11-14(2,3)13-8-6-5-7-9-13/h5-9,12,15-16H,10-11H2,1-4H3. The number of nitrogens with one attached hydrogen (secondary N) is 2. The van der Waals surface area contributed by atoms with Crippen molar-refractivity contribution < 1.29 is 0 Å². The molecule has 1 atom stereocenters. The van der Waals surface area contributed by atoms with Gasteiger partial charge in [0.25, 0.3) is 0 Å². The molecule has 0 bridgehead atoms. The number of likely N-dealkylation sites (N-methyl/N-ethyl adjacent to an activating group) is 1. The zero-order valence-electron chi connectivity index (χ0n) is 10.9. The number of hydrogen-bond acceptors (Lipinski definition) is 2. The van der Waals surface area contributed by atoms with Crippen LogP contribution in [0.3, 0.4) is 0 Å². The van der Waals surface area contributed by atoms with E-state index in [2.05, 4.69) is 61.7 Å². The van der Waals surface area contributed by atoms with Crippen LogP contribution in [0.2, 0.25) is 0 Å². The molecule has 2 heteroatoms. The van der Waals surface area contributed by atoms with Gasteiger partial charge in [0.05, 0.1) is 0 Å². The minimum Gasteiger partial charge on any atom is -0.318 e. The van der Waals surface area contributed by atoms with E-state index in [4.69, 9.17) is 0 Å². The van der Waals surface area contributed by atoms with E-state index >= 15 is 0 Å². The molecule has 16 heavy (non-hydrogen) atoms. The summed E-state index contributed by atoms with van der Waals surface area (Å²) in [5, 5.41) is 6.74. The predicted molar refractivity (Wildman–Crippen MR) is 70.9 cm³/mol. The zero-order valence-corrected chi connectivity index (χ0v) is 10.9. The molecule has 2 nitrogen and oxygen atoms in total. The van der Waals surface area contributed by atoms with Gasteiger partial charge in [0.1, 0.15) is 0 Å². The van der Waals surface area contributed by atoms with Crippen molar-refractivity contribution in [3.8, 4) is 0 Å². The Morgan fingerprint density at radius 1 is 1.19 bits per heavy atom. The Morgan fingerprint density at radius 2 is 1.81 bits per heavy atom. The molecule has 0 saturated carbocycles. The summed E-state index contributed by atoms with van der Waals surface area (Å²) in [5.41, 5.74) is 1.57. The molecular formula is C14H24N2. The van der Waals surface area contributed by atoms with E-state index in [9.17, 15) is 0 Å². The Bertz CT molecular complexity index is 293. The molecule has 2 N–H and O–H groups in total. The summed E-state index contributed by atoms with van der Waals surface area (Å²) >= 11 is 0. The van der Waals surface area contributed by atoms with Gasteiger partial charge in [0.15, 0.2) is 0 Å². The smallest absolute Gasteiger partial charge is 0.0164 e. The molecule has 1 aromatic rings. The molecule has 0 aliphatic heterocycles. The quantitative estimate of drug-likeness (QED) is 0.767. The highest BCUT2D eigenvalue weighted by Gasteiger charge is 2.20. The fourth-order valence-electron chi connectivity index (χ4n) is 1.80. The molecule has 0 spiro atoms. The predicted octanol–water partition coefficient (Wildman–Crippen LogP) is 2.16. The summed E-state index contributed by atoms with van der Waals surface area (Å²) in [6.45, 7) is 8.77. The van der Waals surface area contributed by atoms with Crippen molar-refractivity contribution >= 4 is 0 Å². The summed E-state index contributed by atoms with van der Waals surface area (Å²) in [6, 6.07) is 11.2. The van der Waals surface area contributed by atoms with Crippen LogP contribution in [0, 0.1) is 0 Å². The van der Waals surface area contributed by atoms with Gasteiger partial charge in [-0.05, 0) is 19.5 Å². The first-order valence-corrected chi connectivity index (χ1v) is 6.00. The van der Waals surface area contributed by atoms with Crippen LogP contribution < -0.4 is 10.6 Å². The lowest BCUT2D eigenvalue weighted by molar-refractivity contribution is 0.422. The lowest BCUT2D eigenvalue weighted by atomic mass is 9.84. The fraction of sp³-hybridized carbons (Fsp3) is 0.571. The third kappa shape index (κ3) is 3.95. The lowest BCUT2D eigenvalue weighted by Crippen LogP contribution is -2.41. The van der Waals surface area contributed by atoms with Gasteiger partial charge in [-0.1, -0.05) is 44.2 Å². The summed E-state index contributed by atoms with van der Waals surface area (Å²) in [5.74, 6) is 0. The van der Waals surface area contributed by atoms with Crippen molar-refractivity contribution in [1.82, 2.24) is 10.6 Å². The van der Waals surface area contributed by atoms with Crippen LogP contribution in [0.5, 0.6) is 0 Å². The SMILES string of the molecule is CNCC(C)NCC(C)(C)c1ccccc1. The minimum absolute atomic E-state index is 0.184. The Balaban J connectivity index is 2.52. The maximum atomic E-state index is 3.56. The number of hydrogen-bond donors (Lipinski definition) is 2. The average molecular weight is 220 g/mol. The van der Waals surface area contributed by atoms with Crippen LogP contribution in [-0.2, 0) is 5.41 Å². The Hall–Kier alpha value is -0.860. The van der Waals surface area contributed by atoms with Crippen LogP contribution in [0.4, 0.5) is 0 Å². The van der Waals surface area contributed by atoms with Gasteiger partial charge in [0, 0.05) is 24.5 Å². The van der Waals surface area contributed by atoms with Crippen molar-refractivity contribution in [1.29, 1.82) is 0 Å². The second-order valence-corrected chi connectivity index (χ2v) is 5.09. The molecule has 0 heterocycles. The van der Waals surface area contributed by atoms with Crippen LogP contribution >= 0.6 is 0 Å². The van der Waals surface area contributed by atoms with Crippen molar-refractivity contribution in [2.24, 2.45) is 0 Å². The maximum Gasteiger partial charge on any atom is 0.0164 e. The van der Waals surface area contributed by atoms with Crippen molar-refractivity contribution in [3.63, 3.8) is 0 Å². The molecule has 0 radical (unpaired) electrons. The van der Waals surface area contributed by atoms with E-state index in [1.54, 1.807) is 0 Å². The Morgan fingerprint density at radius 3 is 2.38 bits per heavy atom. The van der Waals surface area contributed by atoms with Gasteiger partial charge in [-0.25, -0.2) is 0 Å². The van der Waals surface area contributed by atoms with Crippen LogP contribution in [-0.4, -0.2) is 26.2 Å². The van der Waals surface area contributed by atoms with Gasteiger partial charge in [-0.3, -0.25) is 0 Å². The minimum atomic E-state index is 0.184. The molecule has 0 fully saturated rings. The second kappa shape index (κ2) is 6.02. The highest BCUT2D eigenvalue weighted by atomic mass is 15.0. The second-order valence-electron chi connectivity index (χ2n) is 5.09. The maximum absolute atomic E-state index is 3.56. The van der Waals surface area contributed by atoms with Gasteiger partial charge < -0.3 is 10.6 Å². The molecule has 0 saturated heterocycles. The van der Waals surface area contributed by atoms with Gasteiger partial charge in [-0.2, -0.15) is 0 Å². The van der Waals surface area contributed by atoms with E-state index in [0.717, 1.165) is 13.1 Å². The Labute approximate surface area is 99.5 Å². The summed E-state index contributed by atoms with van der Waals surface area (Å²) in [4.78, 5) is 0. The molecule has 90 valence electrons. The van der Waals surface area contributed by atoms with Crippen molar-refractivity contribution in [2.45, 2.75) is 32.2 Å². The molecule has 1 unspecified atom stereocenters. The van der Waals surface area contributed by atoms with E-state index in [-0.39, 0.29) is 5.41 Å².